The molecule has 0 aliphatic rings. The fraction of sp³-hybridized carbons (Fsp3) is 0.158. The predicted octanol–water partition coefficient (Wildman–Crippen LogP) is 4.41. The van der Waals surface area contributed by atoms with Gasteiger partial charge in [-0.25, -0.2) is 0 Å². The lowest BCUT2D eigenvalue weighted by atomic mass is 10.0. The molecule has 0 bridgehead atoms. The molecule has 0 spiro atoms. The van der Waals surface area contributed by atoms with Gasteiger partial charge in [-0.05, 0) is 59.1 Å². The molecule has 0 aliphatic heterocycles. The summed E-state index contributed by atoms with van der Waals surface area (Å²) in [6.07, 6.45) is 0.692. The van der Waals surface area contributed by atoms with Gasteiger partial charge in [-0.3, -0.25) is 9.59 Å². The number of amides is 1. The number of hydrogen-bond donors (Lipinski definition) is 2. The molecular weight excluding hydrogens is 368 g/mol. The summed E-state index contributed by atoms with van der Waals surface area (Å²) in [5.74, 6) is -0.203. The minimum atomic E-state index is -0.203. The molecule has 0 saturated heterocycles. The quantitative estimate of drug-likeness (QED) is 0.702. The van der Waals surface area contributed by atoms with Gasteiger partial charge in [0.05, 0.1) is 11.1 Å². The van der Waals surface area contributed by atoms with Crippen molar-refractivity contribution in [1.29, 1.82) is 0 Å². The topological polar surface area (TPSA) is 62.0 Å². The summed E-state index contributed by atoms with van der Waals surface area (Å²) in [7, 11) is 0. The van der Waals surface area contributed by atoms with Gasteiger partial charge in [0.2, 0.25) is 0 Å². The minimum absolute atomic E-state index is 0.0724. The number of hydrogen-bond acceptors (Lipinski definition) is 2. The summed E-state index contributed by atoms with van der Waals surface area (Å²) in [6.45, 7) is 3.92. The highest BCUT2D eigenvalue weighted by Crippen LogP contribution is 2.23. The third-order valence-electron chi connectivity index (χ3n) is 4.13. The van der Waals surface area contributed by atoms with Gasteiger partial charge in [0.15, 0.2) is 0 Å². The van der Waals surface area contributed by atoms with Crippen LogP contribution in [-0.2, 0) is 6.42 Å². The van der Waals surface area contributed by atoms with Crippen LogP contribution in [0.1, 0.15) is 28.4 Å². The minimum Gasteiger partial charge on any atom is -0.322 e. The third-order valence-corrected chi connectivity index (χ3v) is 4.82. The average Bonchev–Trinajstić information content (AvgIpc) is 2.55. The number of nitrogens with one attached hydrogen (secondary N) is 2. The fourth-order valence-electron chi connectivity index (χ4n) is 2.85. The molecule has 3 rings (SSSR count). The second-order valence-corrected chi connectivity index (χ2v) is 6.46. The summed E-state index contributed by atoms with van der Waals surface area (Å²) in [6, 6.07) is 12.8. The summed E-state index contributed by atoms with van der Waals surface area (Å²) in [5, 5.41) is 3.86. The van der Waals surface area contributed by atoms with Crippen LogP contribution in [0.15, 0.2) is 51.7 Å². The second kappa shape index (κ2) is 6.61. The van der Waals surface area contributed by atoms with Gasteiger partial charge in [0, 0.05) is 21.1 Å². The van der Waals surface area contributed by atoms with Crippen LogP contribution in [0.5, 0.6) is 0 Å². The van der Waals surface area contributed by atoms with Gasteiger partial charge in [-0.15, -0.1) is 0 Å². The lowest BCUT2D eigenvalue weighted by Gasteiger charge is -2.10. The molecule has 0 atom stereocenters. The first-order valence-electron chi connectivity index (χ1n) is 7.72. The van der Waals surface area contributed by atoms with Gasteiger partial charge in [0.1, 0.15) is 0 Å². The number of aromatic amines is 1. The number of aryl methyl sites for hydroxylation is 1. The lowest BCUT2D eigenvalue weighted by molar-refractivity contribution is 0.102. The van der Waals surface area contributed by atoms with Gasteiger partial charge in [0.25, 0.3) is 11.5 Å². The molecule has 1 aromatic heterocycles. The highest BCUT2D eigenvalue weighted by atomic mass is 79.9. The van der Waals surface area contributed by atoms with Crippen LogP contribution in [-0.4, -0.2) is 10.9 Å². The first kappa shape index (κ1) is 16.5. The van der Waals surface area contributed by atoms with Crippen molar-refractivity contribution in [2.24, 2.45) is 0 Å². The predicted molar refractivity (Wildman–Crippen MR) is 101 cm³/mol. The van der Waals surface area contributed by atoms with E-state index in [0.29, 0.717) is 17.7 Å². The number of H-pyrrole nitrogens is 1. The van der Waals surface area contributed by atoms with Crippen molar-refractivity contribution in [1.82, 2.24) is 4.98 Å². The Morgan fingerprint density at radius 3 is 2.67 bits per heavy atom. The molecular formula is C19H17BrN2O2. The Kier molecular flexibility index (Phi) is 4.53. The van der Waals surface area contributed by atoms with Crippen LogP contribution in [0, 0.1) is 6.92 Å². The standard InChI is InChI=1S/C19H17BrN2O2/c1-3-13-11(2)14-9-8-12(10-17(14)22-18(13)23)21-19(24)15-6-4-5-7-16(15)20/h4-10H,3H2,1-2H3,(H,21,24)(H,22,23). The van der Waals surface area contributed by atoms with Crippen LogP contribution in [0.25, 0.3) is 10.9 Å². The molecule has 0 aliphatic carbocycles. The highest BCUT2D eigenvalue weighted by molar-refractivity contribution is 9.10. The van der Waals surface area contributed by atoms with E-state index in [2.05, 4.69) is 26.2 Å². The average molecular weight is 385 g/mol. The van der Waals surface area contributed by atoms with E-state index in [9.17, 15) is 9.59 Å². The van der Waals surface area contributed by atoms with Crippen LogP contribution in [0.4, 0.5) is 5.69 Å². The number of anilines is 1. The van der Waals surface area contributed by atoms with Crippen molar-refractivity contribution in [3.63, 3.8) is 0 Å². The first-order chi connectivity index (χ1) is 11.5. The monoisotopic (exact) mass is 384 g/mol. The molecule has 122 valence electrons. The van der Waals surface area contributed by atoms with Crippen molar-refractivity contribution in [3.8, 4) is 0 Å². The number of halogens is 1. The first-order valence-corrected chi connectivity index (χ1v) is 8.52. The number of carbonyl (C=O) groups excluding carboxylic acids is 1. The molecule has 0 unspecified atom stereocenters. The molecule has 1 heterocycles. The van der Waals surface area contributed by atoms with E-state index < -0.39 is 0 Å². The number of aromatic nitrogens is 1. The summed E-state index contributed by atoms with van der Waals surface area (Å²) >= 11 is 3.38. The zero-order chi connectivity index (χ0) is 17.3. The van der Waals surface area contributed by atoms with Gasteiger partial charge in [-0.1, -0.05) is 25.1 Å². The van der Waals surface area contributed by atoms with Crippen molar-refractivity contribution < 1.29 is 4.79 Å². The maximum atomic E-state index is 12.4. The number of fused-ring (bicyclic) bond motifs is 1. The van der Waals surface area contributed by atoms with E-state index in [4.69, 9.17) is 0 Å². The van der Waals surface area contributed by atoms with Crippen LogP contribution in [0.2, 0.25) is 0 Å². The Labute approximate surface area is 148 Å². The molecule has 0 saturated carbocycles. The lowest BCUT2D eigenvalue weighted by Crippen LogP contribution is -2.15. The summed E-state index contributed by atoms with van der Waals surface area (Å²) < 4.78 is 0.736. The Bertz CT molecular complexity index is 992. The van der Waals surface area contributed by atoms with Gasteiger partial charge >= 0.3 is 0 Å². The number of rotatable bonds is 3. The molecule has 1 amide bonds. The molecule has 5 heteroatoms. The Balaban J connectivity index is 1.99. The van der Waals surface area contributed by atoms with E-state index in [0.717, 1.165) is 26.5 Å². The maximum Gasteiger partial charge on any atom is 0.256 e. The molecule has 24 heavy (non-hydrogen) atoms. The van der Waals surface area contributed by atoms with Crippen LogP contribution >= 0.6 is 15.9 Å². The smallest absolute Gasteiger partial charge is 0.256 e. The van der Waals surface area contributed by atoms with Crippen molar-refractivity contribution >= 4 is 38.4 Å². The van der Waals surface area contributed by atoms with E-state index in [1.54, 1.807) is 12.1 Å². The van der Waals surface area contributed by atoms with Gasteiger partial charge in [-0.2, -0.15) is 0 Å². The second-order valence-electron chi connectivity index (χ2n) is 5.61. The molecule has 3 aromatic rings. The van der Waals surface area contributed by atoms with Crippen molar-refractivity contribution in [2.75, 3.05) is 5.32 Å². The van der Waals surface area contributed by atoms with Crippen LogP contribution < -0.4 is 10.9 Å². The highest BCUT2D eigenvalue weighted by Gasteiger charge is 2.11. The zero-order valence-corrected chi connectivity index (χ0v) is 15.0. The zero-order valence-electron chi connectivity index (χ0n) is 13.4. The Morgan fingerprint density at radius 2 is 1.96 bits per heavy atom. The van der Waals surface area contributed by atoms with E-state index in [1.165, 1.54) is 0 Å². The molecule has 2 aromatic carbocycles. The van der Waals surface area contributed by atoms with E-state index in [1.807, 2.05) is 44.2 Å². The SMILES string of the molecule is CCc1c(C)c2ccc(NC(=O)c3ccccc3Br)cc2[nH]c1=O. The third kappa shape index (κ3) is 2.99. The Morgan fingerprint density at radius 1 is 1.21 bits per heavy atom. The molecule has 2 N–H and O–H groups in total. The van der Waals surface area contributed by atoms with E-state index >= 15 is 0 Å². The number of pyridine rings is 1. The normalized spacial score (nSPS) is 10.8. The van der Waals surface area contributed by atoms with E-state index in [-0.39, 0.29) is 11.5 Å². The number of carbonyl (C=O) groups is 1. The Hall–Kier alpha value is -2.40. The van der Waals surface area contributed by atoms with Crippen LogP contribution in [0.3, 0.4) is 0 Å². The van der Waals surface area contributed by atoms with Crippen molar-refractivity contribution in [2.45, 2.75) is 20.3 Å². The molecule has 0 fully saturated rings. The summed E-state index contributed by atoms with van der Waals surface area (Å²) in [5.41, 5.74) is 3.63. The largest absolute Gasteiger partial charge is 0.322 e. The maximum absolute atomic E-state index is 12.4. The molecule has 4 nitrogen and oxygen atoms in total. The fourth-order valence-corrected chi connectivity index (χ4v) is 3.32. The van der Waals surface area contributed by atoms with Gasteiger partial charge < -0.3 is 10.3 Å². The molecule has 0 radical (unpaired) electrons. The number of benzene rings is 2. The summed E-state index contributed by atoms with van der Waals surface area (Å²) in [4.78, 5) is 27.4. The van der Waals surface area contributed by atoms with Crippen molar-refractivity contribution in [3.05, 3.63) is 74.0 Å².